The second kappa shape index (κ2) is 5.93. The number of aryl methyl sites for hydroxylation is 1. The van der Waals surface area contributed by atoms with Crippen LogP contribution in [0.4, 0.5) is 0 Å². The van der Waals surface area contributed by atoms with E-state index in [9.17, 15) is 4.55 Å². The molecule has 1 saturated heterocycles. The van der Waals surface area contributed by atoms with Gasteiger partial charge in [-0.3, -0.25) is 0 Å². The number of hydrogen-bond donors (Lipinski definition) is 1. The van der Waals surface area contributed by atoms with E-state index in [2.05, 4.69) is 22.9 Å². The average molecular weight is 309 g/mol. The number of rotatable bonds is 4. The summed E-state index contributed by atoms with van der Waals surface area (Å²) in [5.74, 6) is 0. The van der Waals surface area contributed by atoms with E-state index in [0.717, 1.165) is 16.6 Å². The van der Waals surface area contributed by atoms with Gasteiger partial charge in [-0.25, -0.2) is 0 Å². The Balaban J connectivity index is 2.21. The minimum absolute atomic E-state index is 0.343. The smallest absolute Gasteiger partial charge is 0.494 e. The summed E-state index contributed by atoms with van der Waals surface area (Å²) in [6.45, 7) is 10.8. The highest BCUT2D eigenvalue weighted by Gasteiger charge is 2.51. The maximum atomic E-state index is 11.2. The summed E-state index contributed by atoms with van der Waals surface area (Å²) in [6, 6.07) is 6.21. The summed E-state index contributed by atoms with van der Waals surface area (Å²) in [7, 11) is -0.360. The van der Waals surface area contributed by atoms with E-state index < -0.39 is 11.4 Å². The minimum Gasteiger partial charge on any atom is -0.598 e. The second-order valence-corrected chi connectivity index (χ2v) is 7.81. The molecule has 0 aromatic heterocycles. The van der Waals surface area contributed by atoms with Gasteiger partial charge in [0.05, 0.1) is 17.7 Å². The first-order valence-corrected chi connectivity index (χ1v) is 8.69. The minimum atomic E-state index is -1.02. The van der Waals surface area contributed by atoms with Gasteiger partial charge in [0.15, 0.2) is 0 Å². The van der Waals surface area contributed by atoms with E-state index in [0.29, 0.717) is 6.54 Å². The van der Waals surface area contributed by atoms with Crippen molar-refractivity contribution in [2.24, 2.45) is 0 Å². The Morgan fingerprint density at radius 2 is 1.71 bits per heavy atom. The Bertz CT molecular complexity index is 504. The lowest BCUT2D eigenvalue weighted by molar-refractivity contribution is 0.00578. The van der Waals surface area contributed by atoms with Gasteiger partial charge in [-0.15, -0.1) is 4.72 Å². The molecule has 6 heteroatoms. The molecule has 1 atom stereocenters. The topological polar surface area (TPSA) is 53.5 Å². The van der Waals surface area contributed by atoms with Crippen LogP contribution in [0.5, 0.6) is 0 Å². The van der Waals surface area contributed by atoms with E-state index >= 15 is 0 Å². The molecule has 1 unspecified atom stereocenters. The van der Waals surface area contributed by atoms with Crippen molar-refractivity contribution >= 4 is 23.9 Å². The Kier molecular flexibility index (Phi) is 4.76. The molecule has 4 nitrogen and oxygen atoms in total. The van der Waals surface area contributed by atoms with Crippen molar-refractivity contribution in [3.05, 3.63) is 29.3 Å². The lowest BCUT2D eigenvalue weighted by Crippen LogP contribution is -2.41. The van der Waals surface area contributed by atoms with Gasteiger partial charge >= 0.3 is 7.12 Å². The van der Waals surface area contributed by atoms with Crippen LogP contribution in [0.2, 0.25) is 0 Å². The molecule has 0 spiro atoms. The monoisotopic (exact) mass is 309 g/mol. The van der Waals surface area contributed by atoms with Crippen LogP contribution in [0.15, 0.2) is 18.2 Å². The van der Waals surface area contributed by atoms with Crippen LogP contribution in [0.3, 0.4) is 0 Å². The zero-order valence-electron chi connectivity index (χ0n) is 13.6. The molecule has 1 aromatic carbocycles. The zero-order valence-corrected chi connectivity index (χ0v) is 14.5. The molecule has 1 aromatic rings. The summed E-state index contributed by atoms with van der Waals surface area (Å²) in [6.07, 6.45) is 1.63. The third-order valence-electron chi connectivity index (χ3n) is 4.16. The molecule has 1 fully saturated rings. The Morgan fingerprint density at radius 1 is 1.14 bits per heavy atom. The lowest BCUT2D eigenvalue weighted by Gasteiger charge is -2.32. The fraction of sp³-hybridized carbons (Fsp3) is 0.600. The summed E-state index contributed by atoms with van der Waals surface area (Å²) in [5.41, 5.74) is 2.54. The van der Waals surface area contributed by atoms with Crippen LogP contribution in [0, 0.1) is 6.92 Å². The average Bonchev–Trinajstić information content (AvgIpc) is 2.55. The van der Waals surface area contributed by atoms with Gasteiger partial charge < -0.3 is 13.9 Å². The molecule has 0 amide bonds. The SMILES string of the molecule is Cc1cc(CN[S+](C)[O-])cc(B2OC(C)(C)C(C)(C)O2)c1. The first-order chi connectivity index (χ1) is 9.60. The van der Waals surface area contributed by atoms with Crippen LogP contribution >= 0.6 is 0 Å². The highest BCUT2D eigenvalue weighted by Crippen LogP contribution is 2.36. The first-order valence-electron chi connectivity index (χ1n) is 7.14. The van der Waals surface area contributed by atoms with Gasteiger partial charge in [0.1, 0.15) is 6.26 Å². The van der Waals surface area contributed by atoms with Gasteiger partial charge in [-0.05, 0) is 45.6 Å². The van der Waals surface area contributed by atoms with E-state index in [1.165, 1.54) is 0 Å². The molecular weight excluding hydrogens is 285 g/mol. The van der Waals surface area contributed by atoms with Crippen LogP contribution in [0.25, 0.3) is 0 Å². The van der Waals surface area contributed by atoms with Crippen molar-refractivity contribution in [1.82, 2.24) is 4.72 Å². The molecular formula is C15H24BNO3S. The Hall–Kier alpha value is -0.525. The van der Waals surface area contributed by atoms with Crippen LogP contribution in [-0.2, 0) is 27.2 Å². The maximum absolute atomic E-state index is 11.2. The molecule has 2 rings (SSSR count). The predicted octanol–water partition coefficient (Wildman–Crippen LogP) is 1.68. The van der Waals surface area contributed by atoms with Gasteiger partial charge in [0, 0.05) is 11.4 Å². The van der Waals surface area contributed by atoms with Gasteiger partial charge in [-0.1, -0.05) is 23.8 Å². The summed E-state index contributed by atoms with van der Waals surface area (Å²) >= 11 is -1.02. The molecule has 21 heavy (non-hydrogen) atoms. The van der Waals surface area contributed by atoms with E-state index in [-0.39, 0.29) is 18.3 Å². The van der Waals surface area contributed by atoms with Crippen LogP contribution < -0.4 is 10.2 Å². The van der Waals surface area contributed by atoms with Gasteiger partial charge in [0.2, 0.25) is 0 Å². The Labute approximate surface area is 131 Å². The van der Waals surface area contributed by atoms with Crippen LogP contribution in [-0.4, -0.2) is 29.1 Å². The van der Waals surface area contributed by atoms with Crippen LogP contribution in [0.1, 0.15) is 38.8 Å². The molecule has 1 N–H and O–H groups in total. The van der Waals surface area contributed by atoms with Crippen molar-refractivity contribution in [2.75, 3.05) is 6.26 Å². The fourth-order valence-corrected chi connectivity index (χ4v) is 2.67. The normalized spacial score (nSPS) is 21.6. The molecule has 0 bridgehead atoms. The number of benzene rings is 1. The third-order valence-corrected chi connectivity index (χ3v) is 4.72. The zero-order chi connectivity index (χ0) is 15.8. The molecule has 1 heterocycles. The Morgan fingerprint density at radius 3 is 2.24 bits per heavy atom. The lowest BCUT2D eigenvalue weighted by atomic mass is 9.77. The molecule has 1 aliphatic heterocycles. The van der Waals surface area contributed by atoms with Crippen molar-refractivity contribution in [1.29, 1.82) is 0 Å². The summed E-state index contributed by atoms with van der Waals surface area (Å²) < 4.78 is 26.3. The molecule has 0 aliphatic carbocycles. The fourth-order valence-electron chi connectivity index (χ4n) is 2.30. The largest absolute Gasteiger partial charge is 0.598 e. The predicted molar refractivity (Wildman–Crippen MR) is 87.8 cm³/mol. The molecule has 116 valence electrons. The van der Waals surface area contributed by atoms with Gasteiger partial charge in [0.25, 0.3) is 0 Å². The number of nitrogens with one attached hydrogen (secondary N) is 1. The number of hydrogen-bond acceptors (Lipinski definition) is 4. The van der Waals surface area contributed by atoms with Crippen molar-refractivity contribution in [2.45, 2.75) is 52.4 Å². The van der Waals surface area contributed by atoms with Gasteiger partial charge in [-0.2, -0.15) is 0 Å². The highest BCUT2D eigenvalue weighted by atomic mass is 32.2. The van der Waals surface area contributed by atoms with E-state index in [4.69, 9.17) is 9.31 Å². The third kappa shape index (κ3) is 3.82. The standard InChI is InChI=1S/C15H24BNO3S/c1-11-7-12(10-17-21(6)18)9-13(8-11)16-19-14(2,3)15(4,5)20-16/h7-9,17H,10H2,1-6H3. The maximum Gasteiger partial charge on any atom is 0.494 e. The highest BCUT2D eigenvalue weighted by molar-refractivity contribution is 7.88. The van der Waals surface area contributed by atoms with E-state index in [1.54, 1.807) is 6.26 Å². The summed E-state index contributed by atoms with van der Waals surface area (Å²) in [5, 5.41) is 0. The van der Waals surface area contributed by atoms with Crippen molar-refractivity contribution in [3.63, 3.8) is 0 Å². The molecule has 0 saturated carbocycles. The van der Waals surface area contributed by atoms with E-state index in [1.807, 2.05) is 34.6 Å². The van der Waals surface area contributed by atoms with Crippen molar-refractivity contribution < 1.29 is 13.9 Å². The second-order valence-electron chi connectivity index (χ2n) is 6.62. The molecule has 0 radical (unpaired) electrons. The van der Waals surface area contributed by atoms with Crippen molar-refractivity contribution in [3.8, 4) is 0 Å². The quantitative estimate of drug-likeness (QED) is 0.679. The first kappa shape index (κ1) is 16.8. The molecule has 1 aliphatic rings. The summed E-state index contributed by atoms with van der Waals surface area (Å²) in [4.78, 5) is 0.